The van der Waals surface area contributed by atoms with Crippen LogP contribution in [0.25, 0.3) is 0 Å². The number of nitrogens with one attached hydrogen (secondary N) is 2. The van der Waals surface area contributed by atoms with Gasteiger partial charge >= 0.3 is 0 Å². The summed E-state index contributed by atoms with van der Waals surface area (Å²) in [7, 11) is 0. The van der Waals surface area contributed by atoms with Crippen LogP contribution in [-0.4, -0.2) is 29.6 Å². The van der Waals surface area contributed by atoms with Crippen LogP contribution in [0, 0.1) is 0 Å². The van der Waals surface area contributed by atoms with Crippen molar-refractivity contribution < 1.29 is 14.7 Å². The number of amides is 2. The van der Waals surface area contributed by atoms with Gasteiger partial charge in [-0.3, -0.25) is 9.59 Å². The highest BCUT2D eigenvalue weighted by Gasteiger charge is 2.18. The molecule has 90 valence electrons. The lowest BCUT2D eigenvalue weighted by Crippen LogP contribution is -2.30. The minimum atomic E-state index is -0.576. The van der Waals surface area contributed by atoms with E-state index in [0.29, 0.717) is 17.7 Å². The maximum absolute atomic E-state index is 11.7. The van der Waals surface area contributed by atoms with E-state index in [9.17, 15) is 9.59 Å². The quantitative estimate of drug-likeness (QED) is 0.703. The van der Waals surface area contributed by atoms with Crippen molar-refractivity contribution in [2.75, 3.05) is 11.9 Å². The highest BCUT2D eigenvalue weighted by atomic mass is 16.3. The van der Waals surface area contributed by atoms with Gasteiger partial charge in [-0.25, -0.2) is 0 Å². The summed E-state index contributed by atoms with van der Waals surface area (Å²) in [6.07, 6.45) is -0.210. The molecule has 1 aliphatic rings. The SMILES string of the molecule is C[C@H](O)CNC(=O)c1ccc2c(c1)NC(=O)C2. The van der Waals surface area contributed by atoms with Gasteiger partial charge in [0.05, 0.1) is 12.5 Å². The molecular weight excluding hydrogens is 220 g/mol. The van der Waals surface area contributed by atoms with Gasteiger partial charge < -0.3 is 15.7 Å². The number of carbonyl (C=O) groups is 2. The summed E-state index contributed by atoms with van der Waals surface area (Å²) in [4.78, 5) is 22.8. The normalized spacial score (nSPS) is 15.1. The van der Waals surface area contributed by atoms with Gasteiger partial charge in [0.1, 0.15) is 0 Å². The molecular formula is C12H14N2O3. The van der Waals surface area contributed by atoms with E-state index < -0.39 is 6.10 Å². The third-order valence-electron chi connectivity index (χ3n) is 2.56. The Labute approximate surface area is 98.8 Å². The van der Waals surface area contributed by atoms with Crippen LogP contribution in [0.2, 0.25) is 0 Å². The van der Waals surface area contributed by atoms with Crippen molar-refractivity contribution in [1.82, 2.24) is 5.32 Å². The van der Waals surface area contributed by atoms with Crippen molar-refractivity contribution in [3.63, 3.8) is 0 Å². The van der Waals surface area contributed by atoms with Crippen LogP contribution in [0.5, 0.6) is 0 Å². The van der Waals surface area contributed by atoms with Crippen LogP contribution < -0.4 is 10.6 Å². The molecule has 3 N–H and O–H groups in total. The number of carbonyl (C=O) groups excluding carboxylic acids is 2. The third-order valence-corrected chi connectivity index (χ3v) is 2.56. The van der Waals surface area contributed by atoms with E-state index >= 15 is 0 Å². The average molecular weight is 234 g/mol. The first-order valence-electron chi connectivity index (χ1n) is 5.45. The second kappa shape index (κ2) is 4.55. The van der Waals surface area contributed by atoms with Gasteiger partial charge in [0.25, 0.3) is 5.91 Å². The Morgan fingerprint density at radius 1 is 1.59 bits per heavy atom. The molecule has 0 saturated heterocycles. The molecule has 1 aromatic carbocycles. The molecule has 0 radical (unpaired) electrons. The summed E-state index contributed by atoms with van der Waals surface area (Å²) >= 11 is 0. The number of hydrogen-bond acceptors (Lipinski definition) is 3. The van der Waals surface area contributed by atoms with E-state index in [0.717, 1.165) is 5.56 Å². The lowest BCUT2D eigenvalue weighted by molar-refractivity contribution is -0.115. The van der Waals surface area contributed by atoms with Crippen LogP contribution in [0.4, 0.5) is 5.69 Å². The molecule has 0 unspecified atom stereocenters. The molecule has 2 rings (SSSR count). The van der Waals surface area contributed by atoms with Crippen molar-refractivity contribution in [2.45, 2.75) is 19.4 Å². The van der Waals surface area contributed by atoms with Gasteiger partial charge in [0.2, 0.25) is 5.91 Å². The lowest BCUT2D eigenvalue weighted by Gasteiger charge is -2.08. The number of aliphatic hydroxyl groups excluding tert-OH is 1. The van der Waals surface area contributed by atoms with Gasteiger partial charge in [0.15, 0.2) is 0 Å². The molecule has 5 nitrogen and oxygen atoms in total. The van der Waals surface area contributed by atoms with E-state index in [1.165, 1.54) is 0 Å². The average Bonchev–Trinajstić information content (AvgIpc) is 2.64. The number of aliphatic hydroxyl groups is 1. The van der Waals surface area contributed by atoms with Gasteiger partial charge in [-0.2, -0.15) is 0 Å². The van der Waals surface area contributed by atoms with E-state index in [2.05, 4.69) is 10.6 Å². The molecule has 0 spiro atoms. The van der Waals surface area contributed by atoms with Crippen LogP contribution >= 0.6 is 0 Å². The highest BCUT2D eigenvalue weighted by molar-refractivity contribution is 6.02. The molecule has 2 amide bonds. The van der Waals surface area contributed by atoms with E-state index in [1.54, 1.807) is 25.1 Å². The summed E-state index contributed by atoms with van der Waals surface area (Å²) in [5.74, 6) is -0.309. The van der Waals surface area contributed by atoms with Crippen molar-refractivity contribution in [2.24, 2.45) is 0 Å². The summed E-state index contributed by atoms with van der Waals surface area (Å²) in [5, 5.41) is 14.4. The first kappa shape index (κ1) is 11.6. The largest absolute Gasteiger partial charge is 0.392 e. The molecule has 0 saturated carbocycles. The van der Waals surface area contributed by atoms with Crippen molar-refractivity contribution in [3.8, 4) is 0 Å². The van der Waals surface area contributed by atoms with Gasteiger partial charge in [-0.1, -0.05) is 6.07 Å². The minimum absolute atomic E-state index is 0.0541. The number of rotatable bonds is 3. The lowest BCUT2D eigenvalue weighted by atomic mass is 10.1. The maximum atomic E-state index is 11.7. The Balaban J connectivity index is 2.10. The molecule has 0 aromatic heterocycles. The zero-order valence-electron chi connectivity index (χ0n) is 9.49. The molecule has 5 heteroatoms. The van der Waals surface area contributed by atoms with Crippen molar-refractivity contribution in [1.29, 1.82) is 0 Å². The topological polar surface area (TPSA) is 78.4 Å². The first-order valence-corrected chi connectivity index (χ1v) is 5.45. The van der Waals surface area contributed by atoms with Crippen LogP contribution in [0.1, 0.15) is 22.8 Å². The summed E-state index contributed by atoms with van der Waals surface area (Å²) in [6, 6.07) is 5.10. The summed E-state index contributed by atoms with van der Waals surface area (Å²) in [5.41, 5.74) is 2.08. The van der Waals surface area contributed by atoms with Gasteiger partial charge in [-0.05, 0) is 24.6 Å². The zero-order chi connectivity index (χ0) is 12.4. The fourth-order valence-electron chi connectivity index (χ4n) is 1.70. The van der Waals surface area contributed by atoms with Gasteiger partial charge in [0, 0.05) is 17.8 Å². The molecule has 1 aromatic rings. The Bertz CT molecular complexity index is 469. The molecule has 1 heterocycles. The standard InChI is InChI=1S/C12H14N2O3/c1-7(15)6-13-12(17)9-3-2-8-5-11(16)14-10(8)4-9/h2-4,7,15H,5-6H2,1H3,(H,13,17)(H,14,16)/t7-/m0/s1. The minimum Gasteiger partial charge on any atom is -0.392 e. The Morgan fingerprint density at radius 3 is 3.06 bits per heavy atom. The molecule has 1 aliphatic heterocycles. The van der Waals surface area contributed by atoms with Crippen LogP contribution in [0.3, 0.4) is 0 Å². The number of benzene rings is 1. The van der Waals surface area contributed by atoms with E-state index in [4.69, 9.17) is 5.11 Å². The number of anilines is 1. The van der Waals surface area contributed by atoms with Crippen molar-refractivity contribution in [3.05, 3.63) is 29.3 Å². The maximum Gasteiger partial charge on any atom is 0.251 e. The monoisotopic (exact) mass is 234 g/mol. The first-order chi connectivity index (χ1) is 8.06. The second-order valence-corrected chi connectivity index (χ2v) is 4.16. The highest BCUT2D eigenvalue weighted by Crippen LogP contribution is 2.23. The van der Waals surface area contributed by atoms with E-state index in [1.807, 2.05) is 0 Å². The van der Waals surface area contributed by atoms with Crippen LogP contribution in [0.15, 0.2) is 18.2 Å². The third kappa shape index (κ3) is 2.62. The Hall–Kier alpha value is -1.88. The second-order valence-electron chi connectivity index (χ2n) is 4.16. The van der Waals surface area contributed by atoms with Crippen LogP contribution in [-0.2, 0) is 11.2 Å². The smallest absolute Gasteiger partial charge is 0.251 e. The molecule has 0 bridgehead atoms. The fraction of sp³-hybridized carbons (Fsp3) is 0.333. The fourth-order valence-corrected chi connectivity index (χ4v) is 1.70. The molecule has 17 heavy (non-hydrogen) atoms. The summed E-state index contributed by atoms with van der Waals surface area (Å²) < 4.78 is 0. The number of hydrogen-bond donors (Lipinski definition) is 3. The van der Waals surface area contributed by atoms with Gasteiger partial charge in [-0.15, -0.1) is 0 Å². The number of fused-ring (bicyclic) bond motifs is 1. The molecule has 0 aliphatic carbocycles. The van der Waals surface area contributed by atoms with Crippen molar-refractivity contribution >= 4 is 17.5 Å². The Kier molecular flexibility index (Phi) is 3.10. The molecule has 0 fully saturated rings. The van der Waals surface area contributed by atoms with E-state index in [-0.39, 0.29) is 18.4 Å². The predicted octanol–water partition coefficient (Wildman–Crippen LogP) is 0.292. The predicted molar refractivity (Wildman–Crippen MR) is 62.8 cm³/mol. The molecule has 1 atom stereocenters. The zero-order valence-corrected chi connectivity index (χ0v) is 9.49. The summed E-state index contributed by atoms with van der Waals surface area (Å²) in [6.45, 7) is 1.81. The Morgan fingerprint density at radius 2 is 2.35 bits per heavy atom.